The van der Waals surface area contributed by atoms with E-state index in [1.807, 2.05) is 0 Å². The molecule has 0 radical (unpaired) electrons. The first kappa shape index (κ1) is 13.6. The minimum absolute atomic E-state index is 0.155. The van der Waals surface area contributed by atoms with E-state index in [0.29, 0.717) is 12.4 Å². The maximum absolute atomic E-state index is 10.5. The lowest BCUT2D eigenvalue weighted by atomic mass is 10.4. The van der Waals surface area contributed by atoms with Crippen molar-refractivity contribution in [2.45, 2.75) is 0 Å². The van der Waals surface area contributed by atoms with Gasteiger partial charge in [0.2, 0.25) is 11.7 Å². The van der Waals surface area contributed by atoms with Crippen molar-refractivity contribution in [3.63, 3.8) is 0 Å². The lowest BCUT2D eigenvalue weighted by molar-refractivity contribution is -0.384. The summed E-state index contributed by atoms with van der Waals surface area (Å²) in [5.41, 5.74) is 10.0. The molecule has 0 spiro atoms. The van der Waals surface area contributed by atoms with Crippen molar-refractivity contribution in [3.05, 3.63) is 22.2 Å². The Kier molecular flexibility index (Phi) is 4.81. The summed E-state index contributed by atoms with van der Waals surface area (Å²) < 4.78 is 4.90. The molecule has 0 saturated carbocycles. The number of nitrogens with zero attached hydrogens (tertiary/aromatic N) is 2. The predicted octanol–water partition coefficient (Wildman–Crippen LogP) is -0.514. The fourth-order valence-corrected chi connectivity index (χ4v) is 1.14. The second-order valence-electron chi connectivity index (χ2n) is 3.30. The number of rotatable bonds is 7. The molecule has 98 valence electrons. The average molecular weight is 255 g/mol. The molecule has 0 saturated heterocycles. The van der Waals surface area contributed by atoms with Crippen molar-refractivity contribution < 1.29 is 14.5 Å². The Hall–Kier alpha value is -2.42. The zero-order valence-electron chi connectivity index (χ0n) is 9.46. The second kappa shape index (κ2) is 6.35. The summed E-state index contributed by atoms with van der Waals surface area (Å²) in [6.45, 7) is 0.469. The molecule has 1 aromatic rings. The average Bonchev–Trinajstić information content (AvgIpc) is 2.27. The van der Waals surface area contributed by atoms with Crippen molar-refractivity contribution in [2.75, 3.05) is 30.8 Å². The predicted molar refractivity (Wildman–Crippen MR) is 63.8 cm³/mol. The third-order valence-electron chi connectivity index (χ3n) is 1.90. The van der Waals surface area contributed by atoms with Crippen LogP contribution in [0.4, 0.5) is 17.3 Å². The number of carbonyl (C=O) groups excluding carboxylic acids is 1. The van der Waals surface area contributed by atoms with Gasteiger partial charge in [0.05, 0.1) is 11.5 Å². The lowest BCUT2D eigenvalue weighted by Crippen LogP contribution is -2.20. The highest BCUT2D eigenvalue weighted by molar-refractivity contribution is 5.74. The summed E-state index contributed by atoms with van der Waals surface area (Å²) in [5.74, 6) is -0.323. The number of nitrogens with two attached hydrogens (primary N) is 2. The molecule has 0 aliphatic heterocycles. The van der Waals surface area contributed by atoms with Gasteiger partial charge in [-0.25, -0.2) is 4.98 Å². The molecular weight excluding hydrogens is 242 g/mol. The number of nitrogen functional groups attached to an aromatic ring is 1. The molecule has 0 atom stereocenters. The van der Waals surface area contributed by atoms with E-state index in [2.05, 4.69) is 10.3 Å². The van der Waals surface area contributed by atoms with E-state index in [0.717, 1.165) is 0 Å². The zero-order valence-corrected chi connectivity index (χ0v) is 9.46. The maximum Gasteiger partial charge on any atom is 0.311 e. The Morgan fingerprint density at radius 3 is 2.83 bits per heavy atom. The van der Waals surface area contributed by atoms with Crippen LogP contribution in [0.2, 0.25) is 0 Å². The Balaban J connectivity index is 2.42. The fourth-order valence-electron chi connectivity index (χ4n) is 1.14. The van der Waals surface area contributed by atoms with Gasteiger partial charge in [0, 0.05) is 12.6 Å². The number of nitrogens with one attached hydrogen (secondary N) is 1. The SMILES string of the molecule is NC(=O)COCCNc1ccc([N+](=O)[O-])c(N)n1. The summed E-state index contributed by atoms with van der Waals surface area (Å²) in [6, 6.07) is 2.69. The van der Waals surface area contributed by atoms with Crippen LogP contribution in [0.3, 0.4) is 0 Å². The number of aromatic nitrogens is 1. The first-order valence-electron chi connectivity index (χ1n) is 5.01. The Bertz CT molecular complexity index is 451. The Morgan fingerprint density at radius 1 is 1.56 bits per heavy atom. The zero-order chi connectivity index (χ0) is 13.5. The van der Waals surface area contributed by atoms with E-state index in [-0.39, 0.29) is 24.7 Å². The number of anilines is 2. The maximum atomic E-state index is 10.5. The van der Waals surface area contributed by atoms with Gasteiger partial charge in [0.15, 0.2) is 0 Å². The van der Waals surface area contributed by atoms with Crippen LogP contribution in [0.15, 0.2) is 12.1 Å². The number of ether oxygens (including phenoxy) is 1. The largest absolute Gasteiger partial charge is 0.378 e. The van der Waals surface area contributed by atoms with Gasteiger partial charge in [-0.3, -0.25) is 14.9 Å². The van der Waals surface area contributed by atoms with Gasteiger partial charge in [-0.05, 0) is 6.07 Å². The molecule has 9 nitrogen and oxygen atoms in total. The number of nitro groups is 1. The van der Waals surface area contributed by atoms with E-state index in [1.54, 1.807) is 0 Å². The molecule has 0 bridgehead atoms. The highest BCUT2D eigenvalue weighted by Crippen LogP contribution is 2.20. The van der Waals surface area contributed by atoms with Gasteiger partial charge >= 0.3 is 5.69 Å². The van der Waals surface area contributed by atoms with E-state index in [4.69, 9.17) is 16.2 Å². The smallest absolute Gasteiger partial charge is 0.311 e. The summed E-state index contributed by atoms with van der Waals surface area (Å²) in [4.78, 5) is 24.1. The van der Waals surface area contributed by atoms with Crippen molar-refractivity contribution in [2.24, 2.45) is 5.73 Å². The number of amides is 1. The van der Waals surface area contributed by atoms with Crippen molar-refractivity contribution in [1.29, 1.82) is 0 Å². The molecule has 1 rings (SSSR count). The van der Waals surface area contributed by atoms with E-state index in [1.165, 1.54) is 12.1 Å². The monoisotopic (exact) mass is 255 g/mol. The molecule has 0 aromatic carbocycles. The van der Waals surface area contributed by atoms with Gasteiger partial charge in [-0.15, -0.1) is 0 Å². The molecule has 1 amide bonds. The molecule has 5 N–H and O–H groups in total. The molecular formula is C9H13N5O4. The molecule has 1 aromatic heterocycles. The molecule has 1 heterocycles. The third kappa shape index (κ3) is 4.22. The topological polar surface area (TPSA) is 146 Å². The summed E-state index contributed by atoms with van der Waals surface area (Å²) in [6.07, 6.45) is 0. The molecule has 0 fully saturated rings. The quantitative estimate of drug-likeness (QED) is 0.337. The number of carbonyl (C=O) groups is 1. The van der Waals surface area contributed by atoms with Gasteiger partial charge in [0.25, 0.3) is 0 Å². The molecule has 18 heavy (non-hydrogen) atoms. The lowest BCUT2D eigenvalue weighted by Gasteiger charge is -2.06. The van der Waals surface area contributed by atoms with Crippen LogP contribution in [-0.4, -0.2) is 35.6 Å². The Labute approximate surface area is 102 Å². The van der Waals surface area contributed by atoms with Crippen LogP contribution < -0.4 is 16.8 Å². The summed E-state index contributed by atoms with van der Waals surface area (Å²) >= 11 is 0. The standard InChI is InChI=1S/C9H13N5O4/c10-7(15)5-18-4-3-12-8-2-1-6(14(16)17)9(11)13-8/h1-2H,3-5H2,(H2,10,15)(H3,11,12,13). The van der Waals surface area contributed by atoms with E-state index in [9.17, 15) is 14.9 Å². The Morgan fingerprint density at radius 2 is 2.28 bits per heavy atom. The highest BCUT2D eigenvalue weighted by Gasteiger charge is 2.12. The van der Waals surface area contributed by atoms with E-state index >= 15 is 0 Å². The number of primary amides is 1. The third-order valence-corrected chi connectivity index (χ3v) is 1.90. The summed E-state index contributed by atoms with van der Waals surface area (Å²) in [5, 5.41) is 13.3. The van der Waals surface area contributed by atoms with Crippen molar-refractivity contribution in [3.8, 4) is 0 Å². The van der Waals surface area contributed by atoms with E-state index < -0.39 is 10.8 Å². The van der Waals surface area contributed by atoms with Crippen LogP contribution in [0.1, 0.15) is 0 Å². The number of hydrogen-bond donors (Lipinski definition) is 3. The molecule has 0 aliphatic rings. The van der Waals surface area contributed by atoms with Crippen LogP contribution >= 0.6 is 0 Å². The van der Waals surface area contributed by atoms with Gasteiger partial charge in [-0.2, -0.15) is 0 Å². The number of hydrogen-bond acceptors (Lipinski definition) is 7. The van der Waals surface area contributed by atoms with Crippen LogP contribution in [0, 0.1) is 10.1 Å². The normalized spacial score (nSPS) is 10.0. The van der Waals surface area contributed by atoms with Crippen LogP contribution in [0.25, 0.3) is 0 Å². The fraction of sp³-hybridized carbons (Fsp3) is 0.333. The molecule has 0 aliphatic carbocycles. The first-order chi connectivity index (χ1) is 8.50. The van der Waals surface area contributed by atoms with Crippen LogP contribution in [-0.2, 0) is 9.53 Å². The molecule has 0 unspecified atom stereocenters. The first-order valence-corrected chi connectivity index (χ1v) is 5.01. The van der Waals surface area contributed by atoms with Crippen LogP contribution in [0.5, 0.6) is 0 Å². The minimum Gasteiger partial charge on any atom is -0.378 e. The van der Waals surface area contributed by atoms with Gasteiger partial charge in [0.1, 0.15) is 12.4 Å². The summed E-state index contributed by atoms with van der Waals surface area (Å²) in [7, 11) is 0. The minimum atomic E-state index is -0.609. The number of pyridine rings is 1. The van der Waals surface area contributed by atoms with Crippen molar-refractivity contribution in [1.82, 2.24) is 4.98 Å². The highest BCUT2D eigenvalue weighted by atomic mass is 16.6. The van der Waals surface area contributed by atoms with Gasteiger partial charge in [-0.1, -0.05) is 0 Å². The second-order valence-corrected chi connectivity index (χ2v) is 3.30. The molecule has 9 heteroatoms. The van der Waals surface area contributed by atoms with Crippen molar-refractivity contribution >= 4 is 23.2 Å². The van der Waals surface area contributed by atoms with Gasteiger partial charge < -0.3 is 21.5 Å².